The Bertz CT molecular complexity index is 707. The number of rotatable bonds is 37. The first-order chi connectivity index (χ1) is 22.9. The van der Waals surface area contributed by atoms with Crippen molar-refractivity contribution in [1.29, 1.82) is 0 Å². The number of carbonyl (C=O) groups excluding carboxylic acids is 2. The maximum absolute atomic E-state index is 14.1. The van der Waals surface area contributed by atoms with Crippen molar-refractivity contribution >= 4 is 28.8 Å². The summed E-state index contributed by atoms with van der Waals surface area (Å²) in [5.74, 6) is -0.195. The molecule has 0 aliphatic heterocycles. The molecular formula is C41H78O5S. The highest BCUT2D eigenvalue weighted by Crippen LogP contribution is 2.35. The van der Waals surface area contributed by atoms with Crippen molar-refractivity contribution in [3.05, 3.63) is 0 Å². The van der Waals surface area contributed by atoms with Gasteiger partial charge >= 0.3 is 0 Å². The minimum Gasteiger partial charge on any atom is -0.483 e. The van der Waals surface area contributed by atoms with Crippen molar-refractivity contribution in [2.45, 2.75) is 226 Å². The third kappa shape index (κ3) is 24.0. The van der Waals surface area contributed by atoms with Crippen LogP contribution >= 0.6 is 12.2 Å². The van der Waals surface area contributed by atoms with Crippen LogP contribution in [0.5, 0.6) is 0 Å². The molecule has 278 valence electrons. The Morgan fingerprint density at radius 3 is 1.15 bits per heavy atom. The van der Waals surface area contributed by atoms with E-state index < -0.39 is 18.1 Å². The van der Waals surface area contributed by atoms with Gasteiger partial charge in [-0.25, -0.2) is 0 Å². The summed E-state index contributed by atoms with van der Waals surface area (Å²) in [5.41, 5.74) is -1.43. The van der Waals surface area contributed by atoms with E-state index >= 15 is 0 Å². The fourth-order valence-electron chi connectivity index (χ4n) is 6.61. The van der Waals surface area contributed by atoms with Crippen LogP contribution in [0.15, 0.2) is 0 Å². The third-order valence-corrected chi connectivity index (χ3v) is 10.3. The maximum atomic E-state index is 14.1. The Balaban J connectivity index is 5.31. The maximum Gasteiger partial charge on any atom is 0.180 e. The number of aliphatic hydroxyl groups excluding tert-OH is 2. The van der Waals surface area contributed by atoms with Crippen LogP contribution in [0.1, 0.15) is 220 Å². The number of thiocarbonyl (C=S) groups is 1. The van der Waals surface area contributed by atoms with E-state index in [1.165, 1.54) is 122 Å². The van der Waals surface area contributed by atoms with Crippen molar-refractivity contribution in [1.82, 2.24) is 0 Å². The lowest BCUT2D eigenvalue weighted by atomic mass is 9.72. The summed E-state index contributed by atoms with van der Waals surface area (Å²) in [6.07, 6.45) is 32.7. The Morgan fingerprint density at radius 2 is 0.830 bits per heavy atom. The van der Waals surface area contributed by atoms with E-state index in [9.17, 15) is 19.8 Å². The van der Waals surface area contributed by atoms with Gasteiger partial charge < -0.3 is 14.9 Å². The lowest BCUT2D eigenvalue weighted by Crippen LogP contribution is -2.47. The molecule has 0 bridgehead atoms. The van der Waals surface area contributed by atoms with E-state index in [1.807, 2.05) is 0 Å². The number of hydrogen-bond donors (Lipinski definition) is 2. The molecule has 0 aliphatic carbocycles. The van der Waals surface area contributed by atoms with E-state index in [-0.39, 0.29) is 23.2 Å². The summed E-state index contributed by atoms with van der Waals surface area (Å²) in [6, 6.07) is 0. The fourth-order valence-corrected chi connectivity index (χ4v) is 7.01. The molecule has 47 heavy (non-hydrogen) atoms. The van der Waals surface area contributed by atoms with Crippen LogP contribution in [-0.4, -0.2) is 46.1 Å². The van der Waals surface area contributed by atoms with Crippen molar-refractivity contribution in [2.75, 3.05) is 13.2 Å². The highest BCUT2D eigenvalue weighted by molar-refractivity contribution is 7.80. The molecule has 0 spiro atoms. The van der Waals surface area contributed by atoms with Crippen molar-refractivity contribution in [2.24, 2.45) is 5.41 Å². The zero-order chi connectivity index (χ0) is 34.9. The van der Waals surface area contributed by atoms with Gasteiger partial charge in [-0.05, 0) is 31.5 Å². The second kappa shape index (κ2) is 33.6. The van der Waals surface area contributed by atoms with E-state index in [4.69, 9.17) is 17.0 Å². The summed E-state index contributed by atoms with van der Waals surface area (Å²) < 4.78 is 5.80. The van der Waals surface area contributed by atoms with Gasteiger partial charge in [0.15, 0.2) is 22.0 Å². The summed E-state index contributed by atoms with van der Waals surface area (Å²) >= 11 is 5.76. The normalized spacial score (nSPS) is 12.4. The van der Waals surface area contributed by atoms with Crippen LogP contribution in [0.2, 0.25) is 0 Å². The molecule has 0 aromatic carbocycles. The largest absolute Gasteiger partial charge is 0.483 e. The second-order valence-corrected chi connectivity index (χ2v) is 14.6. The van der Waals surface area contributed by atoms with Gasteiger partial charge in [0.2, 0.25) is 0 Å². The number of carbonyl (C=O) groups is 2. The number of ether oxygens (including phenoxy) is 1. The minimum absolute atomic E-state index is 0.0159. The molecular weight excluding hydrogens is 605 g/mol. The summed E-state index contributed by atoms with van der Waals surface area (Å²) in [6.45, 7) is 6.05. The smallest absolute Gasteiger partial charge is 0.180 e. The van der Waals surface area contributed by atoms with E-state index in [0.29, 0.717) is 19.3 Å². The molecule has 0 rings (SSSR count). The molecule has 0 heterocycles. The highest BCUT2D eigenvalue weighted by Gasteiger charge is 2.48. The Hall–Kier alpha value is -0.850. The van der Waals surface area contributed by atoms with Crippen LogP contribution in [0.25, 0.3) is 0 Å². The predicted molar refractivity (Wildman–Crippen MR) is 204 cm³/mol. The van der Waals surface area contributed by atoms with E-state index in [1.54, 1.807) is 0 Å². The van der Waals surface area contributed by atoms with Crippen LogP contribution < -0.4 is 0 Å². The monoisotopic (exact) mass is 683 g/mol. The molecule has 0 radical (unpaired) electrons. The third-order valence-electron chi connectivity index (χ3n) is 9.84. The second-order valence-electron chi connectivity index (χ2n) is 14.3. The number of Topliss-reactive ketones (excluding diaryl/α,β-unsaturated/α-hetero) is 2. The first-order valence-electron chi connectivity index (χ1n) is 20.4. The van der Waals surface area contributed by atoms with Crippen molar-refractivity contribution in [3.63, 3.8) is 0 Å². The van der Waals surface area contributed by atoms with E-state index in [2.05, 4.69) is 20.8 Å². The molecule has 2 N–H and O–H groups in total. The lowest BCUT2D eigenvalue weighted by molar-refractivity contribution is -0.138. The zero-order valence-corrected chi connectivity index (χ0v) is 32.3. The quantitative estimate of drug-likeness (QED) is 0.0385. The average molecular weight is 683 g/mol. The van der Waals surface area contributed by atoms with E-state index in [0.717, 1.165) is 57.8 Å². The predicted octanol–water partition coefficient (Wildman–Crippen LogP) is 12.0. The summed E-state index contributed by atoms with van der Waals surface area (Å²) in [5, 5.41) is 19.4. The van der Waals surface area contributed by atoms with Crippen LogP contribution in [0, 0.1) is 5.41 Å². The molecule has 6 heteroatoms. The van der Waals surface area contributed by atoms with Crippen LogP contribution in [0.4, 0.5) is 0 Å². The van der Waals surface area contributed by atoms with Gasteiger partial charge in [0.05, 0.1) is 6.61 Å². The van der Waals surface area contributed by atoms with Gasteiger partial charge in [-0.15, -0.1) is 0 Å². The van der Waals surface area contributed by atoms with Crippen LogP contribution in [-0.2, 0) is 14.3 Å². The topological polar surface area (TPSA) is 83.8 Å². The number of ketones is 2. The lowest BCUT2D eigenvalue weighted by Gasteiger charge is -2.32. The number of unbranched alkanes of at least 4 members (excludes halogenated alkanes) is 25. The zero-order valence-electron chi connectivity index (χ0n) is 31.4. The van der Waals surface area contributed by atoms with Crippen LogP contribution in [0.3, 0.4) is 0 Å². The van der Waals surface area contributed by atoms with Gasteiger partial charge in [0.25, 0.3) is 0 Å². The molecule has 0 fully saturated rings. The van der Waals surface area contributed by atoms with Gasteiger partial charge in [0.1, 0.15) is 12.7 Å². The van der Waals surface area contributed by atoms with Gasteiger partial charge in [-0.3, -0.25) is 9.59 Å². The SMILES string of the molecule is CCCCCCCCCCCCCCC(C(=O)CCCCCCCCCC)(C(=O)CCCCCCCCCC)C(=S)OCC(O)CO. The summed E-state index contributed by atoms with van der Waals surface area (Å²) in [7, 11) is 0. The molecule has 0 aromatic rings. The number of hydrogen-bond acceptors (Lipinski definition) is 6. The highest BCUT2D eigenvalue weighted by atomic mass is 32.1. The molecule has 0 saturated carbocycles. The average Bonchev–Trinajstić information content (AvgIpc) is 3.07. The molecule has 0 aliphatic rings. The number of aliphatic hydroxyl groups is 2. The minimum atomic E-state index is -1.43. The Labute approximate surface area is 297 Å². The van der Waals surface area contributed by atoms with Gasteiger partial charge in [-0.2, -0.15) is 0 Å². The van der Waals surface area contributed by atoms with Gasteiger partial charge in [-0.1, -0.05) is 188 Å². The summed E-state index contributed by atoms with van der Waals surface area (Å²) in [4.78, 5) is 28.2. The first kappa shape index (κ1) is 46.1. The first-order valence-corrected chi connectivity index (χ1v) is 20.8. The molecule has 5 nitrogen and oxygen atoms in total. The van der Waals surface area contributed by atoms with Crippen molar-refractivity contribution < 1.29 is 24.5 Å². The van der Waals surface area contributed by atoms with Gasteiger partial charge in [0, 0.05) is 12.8 Å². The van der Waals surface area contributed by atoms with Crippen molar-refractivity contribution in [3.8, 4) is 0 Å². The molecule has 1 unspecified atom stereocenters. The fraction of sp³-hybridized carbons (Fsp3) is 0.927. The molecule has 0 saturated heterocycles. The Kier molecular flexibility index (Phi) is 33.0. The Morgan fingerprint density at radius 1 is 0.532 bits per heavy atom. The molecule has 0 aromatic heterocycles. The standard InChI is InChI=1S/C41H78O5S/c1-4-7-10-13-16-19-20-21-22-25-28-31-34-41(40(47)46-36-37(43)35-42,38(44)32-29-26-23-17-14-11-8-5-2)39(45)33-30-27-24-18-15-12-9-6-3/h37,42-43H,4-36H2,1-3H3. The molecule has 0 amide bonds. The molecule has 1 atom stereocenters.